The van der Waals surface area contributed by atoms with E-state index in [1.54, 1.807) is 18.2 Å². The first-order chi connectivity index (χ1) is 14.6. The van der Waals surface area contributed by atoms with E-state index in [0.29, 0.717) is 23.1 Å². The minimum absolute atomic E-state index is 0.0787. The lowest BCUT2D eigenvalue weighted by molar-refractivity contribution is -0.119. The van der Waals surface area contributed by atoms with E-state index in [-0.39, 0.29) is 23.5 Å². The molecule has 0 bridgehead atoms. The molecule has 156 valence electrons. The molecule has 3 aromatic rings. The fourth-order valence-corrected chi connectivity index (χ4v) is 4.39. The van der Waals surface area contributed by atoms with Crippen LogP contribution < -0.4 is 5.32 Å². The number of para-hydroxylation sites is 1. The lowest BCUT2D eigenvalue weighted by atomic mass is 10.2. The van der Waals surface area contributed by atoms with Crippen LogP contribution in [0, 0.1) is 0 Å². The van der Waals surface area contributed by atoms with E-state index in [2.05, 4.69) is 31.4 Å². The number of halogens is 1. The van der Waals surface area contributed by atoms with Crippen LogP contribution in [0.3, 0.4) is 0 Å². The highest BCUT2D eigenvalue weighted by Gasteiger charge is 2.20. The molecule has 1 fully saturated rings. The van der Waals surface area contributed by atoms with Gasteiger partial charge in [-0.2, -0.15) is 0 Å². The average Bonchev–Trinajstić information content (AvgIpc) is 3.43. The smallest absolute Gasteiger partial charge is 0.230 e. The van der Waals surface area contributed by atoms with Gasteiger partial charge in [-0.05, 0) is 43.2 Å². The van der Waals surface area contributed by atoms with Crippen LogP contribution in [0.15, 0.2) is 58.2 Å². The zero-order valence-corrected chi connectivity index (χ0v) is 18.5. The molecular weight excluding hydrogens is 468 g/mol. The van der Waals surface area contributed by atoms with Crippen LogP contribution in [-0.2, 0) is 9.53 Å². The molecule has 2 N–H and O–H groups in total. The second kappa shape index (κ2) is 9.63. The SMILES string of the molecule is O=C(CSc1nnc(-c2cc(Br)ccc2O)n1-c1ccccc1)NC[C@H]1CCCO1. The Kier molecular flexibility index (Phi) is 6.71. The fourth-order valence-electron chi connectivity index (χ4n) is 3.25. The Bertz CT molecular complexity index is 1020. The first-order valence-electron chi connectivity index (χ1n) is 9.62. The molecule has 2 aromatic carbocycles. The van der Waals surface area contributed by atoms with Crippen LogP contribution in [0.5, 0.6) is 5.75 Å². The highest BCUT2D eigenvalue weighted by Crippen LogP contribution is 2.34. The lowest BCUT2D eigenvalue weighted by Gasteiger charge is -2.12. The average molecular weight is 489 g/mol. The summed E-state index contributed by atoms with van der Waals surface area (Å²) in [5.74, 6) is 0.739. The van der Waals surface area contributed by atoms with Crippen molar-refractivity contribution in [1.29, 1.82) is 0 Å². The minimum atomic E-state index is -0.0787. The number of carbonyl (C=O) groups excluding carboxylic acids is 1. The summed E-state index contributed by atoms with van der Waals surface area (Å²) in [6.07, 6.45) is 2.13. The van der Waals surface area contributed by atoms with Gasteiger partial charge in [0, 0.05) is 23.3 Å². The van der Waals surface area contributed by atoms with E-state index >= 15 is 0 Å². The van der Waals surface area contributed by atoms with Crippen molar-refractivity contribution in [2.75, 3.05) is 18.9 Å². The molecule has 30 heavy (non-hydrogen) atoms. The molecule has 1 saturated heterocycles. The second-order valence-corrected chi connectivity index (χ2v) is 8.72. The highest BCUT2D eigenvalue weighted by atomic mass is 79.9. The number of phenols is 1. The predicted octanol–water partition coefficient (Wildman–Crippen LogP) is 3.79. The molecule has 7 nitrogen and oxygen atoms in total. The molecule has 9 heteroatoms. The Morgan fingerprint density at radius 1 is 1.27 bits per heavy atom. The summed E-state index contributed by atoms with van der Waals surface area (Å²) < 4.78 is 8.21. The molecule has 1 atom stereocenters. The van der Waals surface area contributed by atoms with E-state index < -0.39 is 0 Å². The third-order valence-electron chi connectivity index (χ3n) is 4.73. The Hall–Kier alpha value is -2.36. The molecule has 0 aliphatic carbocycles. The molecule has 2 heterocycles. The van der Waals surface area contributed by atoms with Crippen molar-refractivity contribution in [3.8, 4) is 22.8 Å². The molecule has 1 aliphatic heterocycles. The third-order valence-corrected chi connectivity index (χ3v) is 6.15. The Morgan fingerprint density at radius 2 is 2.10 bits per heavy atom. The topological polar surface area (TPSA) is 89.3 Å². The van der Waals surface area contributed by atoms with Crippen molar-refractivity contribution >= 4 is 33.6 Å². The van der Waals surface area contributed by atoms with Crippen LogP contribution in [-0.4, -0.2) is 50.8 Å². The number of phenolic OH excluding ortho intramolecular Hbond substituents is 1. The van der Waals surface area contributed by atoms with Gasteiger partial charge in [-0.25, -0.2) is 0 Å². The summed E-state index contributed by atoms with van der Waals surface area (Å²) in [5.41, 5.74) is 1.40. The Labute approximate surface area is 187 Å². The molecule has 1 amide bonds. The number of ether oxygens (including phenoxy) is 1. The maximum atomic E-state index is 12.3. The number of aromatic nitrogens is 3. The van der Waals surface area contributed by atoms with Gasteiger partial charge < -0.3 is 15.2 Å². The van der Waals surface area contributed by atoms with Crippen molar-refractivity contribution in [1.82, 2.24) is 20.1 Å². The largest absolute Gasteiger partial charge is 0.507 e. The number of aromatic hydroxyl groups is 1. The summed E-state index contributed by atoms with van der Waals surface area (Å²) >= 11 is 4.74. The molecule has 0 unspecified atom stereocenters. The van der Waals surface area contributed by atoms with E-state index in [9.17, 15) is 9.90 Å². The number of hydrogen-bond donors (Lipinski definition) is 2. The van der Waals surface area contributed by atoms with Gasteiger partial charge in [-0.15, -0.1) is 10.2 Å². The van der Waals surface area contributed by atoms with E-state index in [1.165, 1.54) is 11.8 Å². The third kappa shape index (κ3) is 4.85. The van der Waals surface area contributed by atoms with Gasteiger partial charge in [0.2, 0.25) is 5.91 Å². The second-order valence-electron chi connectivity index (χ2n) is 6.87. The highest BCUT2D eigenvalue weighted by molar-refractivity contribution is 9.10. The van der Waals surface area contributed by atoms with Crippen molar-refractivity contribution in [2.45, 2.75) is 24.1 Å². The van der Waals surface area contributed by atoms with Crippen LogP contribution in [0.25, 0.3) is 17.1 Å². The molecule has 1 aliphatic rings. The molecular formula is C21H21BrN4O3S. The summed E-state index contributed by atoms with van der Waals surface area (Å²) in [6, 6.07) is 14.8. The van der Waals surface area contributed by atoms with Gasteiger partial charge in [-0.3, -0.25) is 9.36 Å². The van der Waals surface area contributed by atoms with Gasteiger partial charge in [0.1, 0.15) is 5.75 Å². The van der Waals surface area contributed by atoms with Crippen molar-refractivity contribution in [3.05, 3.63) is 53.0 Å². The summed E-state index contributed by atoms with van der Waals surface area (Å²) in [6.45, 7) is 1.29. The van der Waals surface area contributed by atoms with Crippen LogP contribution in [0.2, 0.25) is 0 Å². The summed E-state index contributed by atoms with van der Waals surface area (Å²) in [7, 11) is 0. The minimum Gasteiger partial charge on any atom is -0.507 e. The van der Waals surface area contributed by atoms with Crippen LogP contribution >= 0.6 is 27.7 Å². The number of nitrogens with one attached hydrogen (secondary N) is 1. The molecule has 0 saturated carbocycles. The van der Waals surface area contributed by atoms with E-state index in [4.69, 9.17) is 4.74 Å². The number of nitrogens with zero attached hydrogens (tertiary/aromatic N) is 3. The monoisotopic (exact) mass is 488 g/mol. The molecule has 4 rings (SSSR count). The molecule has 1 aromatic heterocycles. The quantitative estimate of drug-likeness (QED) is 0.491. The standard InChI is InChI=1S/C21H21BrN4O3S/c22-14-8-9-18(27)17(11-14)20-24-25-21(26(20)15-5-2-1-3-6-15)30-13-19(28)23-12-16-7-4-10-29-16/h1-3,5-6,8-9,11,16,27H,4,7,10,12-13H2,(H,23,28)/t16-/m1/s1. The summed E-state index contributed by atoms with van der Waals surface area (Å²) in [4.78, 5) is 12.3. The Balaban J connectivity index is 1.56. The van der Waals surface area contributed by atoms with Crippen molar-refractivity contribution < 1.29 is 14.6 Å². The number of amides is 1. The maximum absolute atomic E-state index is 12.3. The van der Waals surface area contributed by atoms with Gasteiger partial charge in [-0.1, -0.05) is 45.9 Å². The normalized spacial score (nSPS) is 16.0. The van der Waals surface area contributed by atoms with Crippen LogP contribution in [0.1, 0.15) is 12.8 Å². The molecule has 0 spiro atoms. The van der Waals surface area contributed by atoms with E-state index in [1.807, 2.05) is 34.9 Å². The van der Waals surface area contributed by atoms with Crippen molar-refractivity contribution in [2.24, 2.45) is 0 Å². The molecule has 0 radical (unpaired) electrons. The number of thioether (sulfide) groups is 1. The van der Waals surface area contributed by atoms with Crippen LogP contribution in [0.4, 0.5) is 0 Å². The van der Waals surface area contributed by atoms with Gasteiger partial charge in [0.25, 0.3) is 0 Å². The summed E-state index contributed by atoms with van der Waals surface area (Å²) in [5, 5.41) is 22.5. The van der Waals surface area contributed by atoms with E-state index in [0.717, 1.165) is 29.6 Å². The van der Waals surface area contributed by atoms with Gasteiger partial charge in [0.15, 0.2) is 11.0 Å². The number of hydrogen-bond acceptors (Lipinski definition) is 6. The Morgan fingerprint density at radius 3 is 2.87 bits per heavy atom. The number of rotatable bonds is 7. The lowest BCUT2D eigenvalue weighted by Crippen LogP contribution is -2.32. The van der Waals surface area contributed by atoms with Crippen molar-refractivity contribution in [3.63, 3.8) is 0 Å². The van der Waals surface area contributed by atoms with Gasteiger partial charge in [0.05, 0.1) is 17.4 Å². The first-order valence-corrected chi connectivity index (χ1v) is 11.4. The van der Waals surface area contributed by atoms with Gasteiger partial charge >= 0.3 is 0 Å². The fraction of sp³-hybridized carbons (Fsp3) is 0.286. The zero-order valence-electron chi connectivity index (χ0n) is 16.1. The zero-order chi connectivity index (χ0) is 20.9. The maximum Gasteiger partial charge on any atom is 0.230 e. The predicted molar refractivity (Wildman–Crippen MR) is 119 cm³/mol. The number of benzene rings is 2. The number of carbonyl (C=O) groups is 1. The first kappa shape index (κ1) is 20.9.